The summed E-state index contributed by atoms with van der Waals surface area (Å²) < 4.78 is 52.3. The van der Waals surface area contributed by atoms with E-state index in [1.165, 1.54) is 0 Å². The van der Waals surface area contributed by atoms with E-state index in [9.17, 15) is 9.59 Å². The van der Waals surface area contributed by atoms with Crippen molar-refractivity contribution in [3.05, 3.63) is 89.9 Å². The summed E-state index contributed by atoms with van der Waals surface area (Å²) >= 11 is 0. The third-order valence-corrected chi connectivity index (χ3v) is 27.4. The van der Waals surface area contributed by atoms with Crippen LogP contribution in [0.25, 0.3) is 11.3 Å². The van der Waals surface area contributed by atoms with E-state index < -0.39 is 67.7 Å². The quantitative estimate of drug-likeness (QED) is 0.0494. The maximum Gasteiger partial charge on any atom is 0.415 e. The highest BCUT2D eigenvalue weighted by atomic mass is 28.4. The molecule has 1 amide bonds. The highest BCUT2D eigenvalue weighted by Crippen LogP contribution is 2.40. The molecule has 5 atom stereocenters. The molecule has 5 rings (SSSR count). The van der Waals surface area contributed by atoms with Crippen LogP contribution in [0, 0.1) is 0 Å². The van der Waals surface area contributed by atoms with Crippen LogP contribution in [-0.4, -0.2) is 89.5 Å². The number of nitrogens with one attached hydrogen (secondary N) is 1. The van der Waals surface area contributed by atoms with Crippen LogP contribution in [-0.2, 0) is 45.3 Å². The highest BCUT2D eigenvalue weighted by molar-refractivity contribution is 6.74. The molecule has 1 N–H and O–H groups in total. The molecule has 0 spiro atoms. The number of benzene rings is 1. The van der Waals surface area contributed by atoms with Crippen LogP contribution < -0.4 is 10.1 Å². The van der Waals surface area contributed by atoms with Gasteiger partial charge in [-0.05, 0) is 90.6 Å². The van der Waals surface area contributed by atoms with Crippen LogP contribution in [0.2, 0.25) is 54.4 Å². The summed E-state index contributed by atoms with van der Waals surface area (Å²) in [6.07, 6.45) is -2.15. The number of ether oxygens (including phenoxy) is 4. The van der Waals surface area contributed by atoms with E-state index in [-0.39, 0.29) is 12.4 Å². The molecule has 0 bridgehead atoms. The Morgan fingerprint density at radius 3 is 1.80 bits per heavy atom. The first-order valence-corrected chi connectivity index (χ1v) is 31.4. The topological polar surface area (TPSA) is 163 Å². The summed E-state index contributed by atoms with van der Waals surface area (Å²) in [6.45, 7) is 21.7. The number of aromatic nitrogens is 3. The molecule has 3 aromatic heterocycles. The Bertz CT molecular complexity index is 2040. The second kappa shape index (κ2) is 24.5. The highest BCUT2D eigenvalue weighted by Gasteiger charge is 2.57. The van der Waals surface area contributed by atoms with E-state index >= 15 is 0 Å². The Kier molecular flexibility index (Phi) is 19.5. The van der Waals surface area contributed by atoms with Gasteiger partial charge in [-0.3, -0.25) is 5.32 Å². The lowest BCUT2D eigenvalue weighted by molar-refractivity contribution is -0.269. The van der Waals surface area contributed by atoms with Crippen molar-refractivity contribution in [1.82, 2.24) is 15.1 Å². The largest absolute Gasteiger partial charge is 0.473 e. The molecule has 0 radical (unpaired) electrons. The van der Waals surface area contributed by atoms with Gasteiger partial charge in [0, 0.05) is 30.9 Å². The number of carbonyl (C=O) groups is 2. The fourth-order valence-corrected chi connectivity index (χ4v) is 17.1. The van der Waals surface area contributed by atoms with E-state index in [2.05, 4.69) is 82.8 Å². The zero-order valence-electron chi connectivity index (χ0n) is 40.2. The van der Waals surface area contributed by atoms with Crippen LogP contribution in [0.3, 0.4) is 0 Å². The molecule has 1 aliphatic rings. The van der Waals surface area contributed by atoms with Gasteiger partial charge in [-0.25, -0.2) is 19.6 Å². The fraction of sp³-hybridized carbons (Fsp3) is 0.562. The first-order valence-electron chi connectivity index (χ1n) is 23.8. The molecule has 4 heterocycles. The van der Waals surface area contributed by atoms with Crippen LogP contribution in [0.1, 0.15) is 86.1 Å². The number of nitrogens with zero attached hydrogens (tertiary/aromatic N) is 3. The average Bonchev–Trinajstić information content (AvgIpc) is 3.81. The van der Waals surface area contributed by atoms with Crippen LogP contribution in [0.5, 0.6) is 5.88 Å². The van der Waals surface area contributed by atoms with Gasteiger partial charge in [0.25, 0.3) is 0 Å². The van der Waals surface area contributed by atoms with E-state index in [1.54, 1.807) is 31.5 Å². The zero-order valence-corrected chi connectivity index (χ0v) is 43.2. The summed E-state index contributed by atoms with van der Waals surface area (Å²) in [5.41, 5.74) is 3.24. The van der Waals surface area contributed by atoms with Crippen LogP contribution in [0.15, 0.2) is 77.6 Å². The van der Waals surface area contributed by atoms with Gasteiger partial charge in [-0.1, -0.05) is 97.8 Å². The number of hydrogen-bond donors (Lipinski definition) is 1. The molecule has 17 heteroatoms. The van der Waals surface area contributed by atoms with Gasteiger partial charge in [-0.2, -0.15) is 0 Å². The third-order valence-electron chi connectivity index (χ3n) is 13.5. The van der Waals surface area contributed by atoms with Crippen molar-refractivity contribution in [3.63, 3.8) is 0 Å². The van der Waals surface area contributed by atoms with Crippen LogP contribution >= 0.6 is 0 Å². The predicted octanol–water partition coefficient (Wildman–Crippen LogP) is 11.3. The minimum Gasteiger partial charge on any atom is -0.473 e. The molecule has 1 saturated heterocycles. The van der Waals surface area contributed by atoms with Gasteiger partial charge in [0.2, 0.25) is 12.2 Å². The summed E-state index contributed by atoms with van der Waals surface area (Å²) in [6, 6.07) is 26.6. The third kappa shape index (κ3) is 13.0. The standard InChI is InChI=1S/C48H72N4O10Si3/c1-11-55-46(53)43-41(60-63(12-2,13-3)14-4)42(61-64(15-5,16-6)17-7)44(62-65(18-8,19-9)20-10)47(57-43)58-48(54)51-45-38(24-23-31-50-45)39-33-37(52-59-39)32-35-26-28-36(29-27-35)34-56-40-25-21-22-30-49-40/h21-31,33,41-44,47H,11-20,32,34H2,1-10H3,(H,50,51,54). The smallest absolute Gasteiger partial charge is 0.415 e. The molecule has 4 aromatic rings. The summed E-state index contributed by atoms with van der Waals surface area (Å²) in [5.74, 6) is 0.584. The lowest BCUT2D eigenvalue weighted by Gasteiger charge is -2.51. The fourth-order valence-electron chi connectivity index (χ4n) is 8.58. The molecule has 356 valence electrons. The molecule has 65 heavy (non-hydrogen) atoms. The van der Waals surface area contributed by atoms with Gasteiger partial charge in [0.1, 0.15) is 30.7 Å². The maximum absolute atomic E-state index is 14.3. The molecule has 5 unspecified atom stereocenters. The number of carbonyl (C=O) groups excluding carboxylic acids is 2. The summed E-state index contributed by atoms with van der Waals surface area (Å²) in [5, 5.41) is 7.18. The monoisotopic (exact) mass is 948 g/mol. The van der Waals surface area contributed by atoms with E-state index in [1.807, 2.05) is 48.5 Å². The van der Waals surface area contributed by atoms with Gasteiger partial charge < -0.3 is 36.7 Å². The van der Waals surface area contributed by atoms with Crippen molar-refractivity contribution in [2.24, 2.45) is 0 Å². The van der Waals surface area contributed by atoms with Crippen molar-refractivity contribution in [1.29, 1.82) is 0 Å². The number of amides is 1. The summed E-state index contributed by atoms with van der Waals surface area (Å²) in [7, 11) is -7.28. The average molecular weight is 949 g/mol. The Labute approximate surface area is 389 Å². The van der Waals surface area contributed by atoms with Crippen molar-refractivity contribution < 1.29 is 46.3 Å². The number of hydrogen-bond acceptors (Lipinski definition) is 13. The van der Waals surface area contributed by atoms with E-state index in [4.69, 9.17) is 36.7 Å². The van der Waals surface area contributed by atoms with Gasteiger partial charge in [-0.15, -0.1) is 0 Å². The van der Waals surface area contributed by atoms with E-state index in [0.717, 1.165) is 65.5 Å². The first-order chi connectivity index (χ1) is 31.4. The molecular weight excluding hydrogens is 877 g/mol. The van der Waals surface area contributed by atoms with Crippen LogP contribution in [0.4, 0.5) is 10.6 Å². The molecule has 1 fully saturated rings. The minimum atomic E-state index is -2.45. The number of esters is 1. The predicted molar refractivity (Wildman–Crippen MR) is 259 cm³/mol. The number of anilines is 1. The molecule has 14 nitrogen and oxygen atoms in total. The van der Waals surface area contributed by atoms with Gasteiger partial charge in [0.15, 0.2) is 36.8 Å². The Morgan fingerprint density at radius 1 is 0.662 bits per heavy atom. The Hall–Kier alpha value is -4.24. The molecule has 1 aliphatic heterocycles. The lowest BCUT2D eigenvalue weighted by atomic mass is 9.99. The molecule has 0 aliphatic carbocycles. The Morgan fingerprint density at radius 2 is 1.23 bits per heavy atom. The second-order valence-electron chi connectivity index (χ2n) is 16.7. The second-order valence-corrected chi connectivity index (χ2v) is 30.9. The van der Waals surface area contributed by atoms with Crippen molar-refractivity contribution in [2.45, 2.75) is 167 Å². The van der Waals surface area contributed by atoms with Crippen molar-refractivity contribution in [2.75, 3.05) is 11.9 Å². The normalized spacial score (nSPS) is 19.1. The Balaban J connectivity index is 1.44. The zero-order chi connectivity index (χ0) is 47.0. The lowest BCUT2D eigenvalue weighted by Crippen LogP contribution is -2.68. The van der Waals surface area contributed by atoms with Crippen molar-refractivity contribution in [3.8, 4) is 17.2 Å². The van der Waals surface area contributed by atoms with Gasteiger partial charge >= 0.3 is 12.1 Å². The maximum atomic E-state index is 14.3. The number of rotatable bonds is 25. The molecule has 1 aromatic carbocycles. The van der Waals surface area contributed by atoms with Gasteiger partial charge in [0.05, 0.1) is 17.9 Å². The van der Waals surface area contributed by atoms with Crippen molar-refractivity contribution >= 4 is 42.8 Å². The summed E-state index contributed by atoms with van der Waals surface area (Å²) in [4.78, 5) is 37.1. The van der Waals surface area contributed by atoms with E-state index in [0.29, 0.717) is 35.9 Å². The first kappa shape index (κ1) is 51.7. The SMILES string of the molecule is CCOC(=O)C1OC(OC(=O)Nc2ncccc2-c2cc(Cc3ccc(COc4ccccn4)cc3)no2)C(O[Si](CC)(CC)CC)C(O[Si](CC)(CC)CC)C1O[Si](CC)(CC)CC. The molecule has 0 saturated carbocycles. The number of pyridine rings is 2. The molecular formula is C48H72N4O10Si3. The minimum absolute atomic E-state index is 0.136.